The summed E-state index contributed by atoms with van der Waals surface area (Å²) in [5, 5.41) is 18.9. The summed E-state index contributed by atoms with van der Waals surface area (Å²) in [6, 6.07) is 1.83. The van der Waals surface area contributed by atoms with Gasteiger partial charge in [-0.1, -0.05) is 11.6 Å². The highest BCUT2D eigenvalue weighted by Gasteiger charge is 2.25. The maximum Gasteiger partial charge on any atom is 0.303 e. The molecule has 9 nitrogen and oxygen atoms in total. The number of hydrogen-bond donors (Lipinski definition) is 2. The van der Waals surface area contributed by atoms with E-state index < -0.39 is 26.6 Å². The first-order valence-electron chi connectivity index (χ1n) is 5.92. The van der Waals surface area contributed by atoms with Crippen molar-refractivity contribution in [2.45, 2.75) is 17.7 Å². The zero-order valence-corrected chi connectivity index (χ0v) is 13.0. The molecule has 0 radical (unpaired) electrons. The maximum absolute atomic E-state index is 12.1. The van der Waals surface area contributed by atoms with Crippen LogP contribution in [0.5, 0.6) is 5.75 Å². The normalized spacial score (nSPS) is 11.2. The largest absolute Gasteiger partial charge is 0.495 e. The van der Waals surface area contributed by atoms with Crippen molar-refractivity contribution in [3.8, 4) is 5.75 Å². The molecule has 1 aromatic carbocycles. The van der Waals surface area contributed by atoms with Gasteiger partial charge in [-0.15, -0.1) is 0 Å². The van der Waals surface area contributed by atoms with E-state index in [2.05, 4.69) is 4.72 Å². The molecular weight excluding hydrogens is 340 g/mol. The summed E-state index contributed by atoms with van der Waals surface area (Å²) in [7, 11) is -2.88. The molecular formula is C11H13ClN2O7S. The minimum atomic E-state index is -4.04. The van der Waals surface area contributed by atoms with Crippen molar-refractivity contribution < 1.29 is 28.0 Å². The van der Waals surface area contributed by atoms with Crippen molar-refractivity contribution in [3.05, 3.63) is 27.3 Å². The topological polar surface area (TPSA) is 136 Å². The van der Waals surface area contributed by atoms with Crippen molar-refractivity contribution in [3.63, 3.8) is 0 Å². The molecule has 0 amide bonds. The number of halogens is 1. The van der Waals surface area contributed by atoms with Gasteiger partial charge in [-0.3, -0.25) is 14.9 Å². The van der Waals surface area contributed by atoms with E-state index in [4.69, 9.17) is 21.4 Å². The number of rotatable bonds is 8. The molecule has 1 rings (SSSR count). The molecule has 0 spiro atoms. The summed E-state index contributed by atoms with van der Waals surface area (Å²) < 4.78 is 31.3. The van der Waals surface area contributed by atoms with E-state index in [0.29, 0.717) is 0 Å². The Bertz CT molecular complexity index is 690. The second-order valence-electron chi connectivity index (χ2n) is 4.11. The molecule has 0 aliphatic rings. The molecule has 0 fully saturated rings. The average molecular weight is 353 g/mol. The zero-order chi connectivity index (χ0) is 16.9. The number of carboxylic acid groups (broad SMARTS) is 1. The molecule has 2 N–H and O–H groups in total. The molecule has 0 saturated carbocycles. The molecule has 0 aliphatic carbocycles. The van der Waals surface area contributed by atoms with Gasteiger partial charge in [0.15, 0.2) is 0 Å². The smallest absolute Gasteiger partial charge is 0.303 e. The predicted molar refractivity (Wildman–Crippen MR) is 76.7 cm³/mol. The Hall–Kier alpha value is -1.91. The number of hydrogen-bond acceptors (Lipinski definition) is 6. The standard InChI is InChI=1S/C11H13ClN2O7S/c1-21-9-6-8(14(17)18)7(12)5-10(9)22(19,20)13-4-2-3-11(15)16/h5-6,13H,2-4H2,1H3,(H,15,16). The average Bonchev–Trinajstić information content (AvgIpc) is 2.42. The van der Waals surface area contributed by atoms with E-state index in [1.807, 2.05) is 0 Å². The highest BCUT2D eigenvalue weighted by molar-refractivity contribution is 7.89. The Morgan fingerprint density at radius 3 is 2.64 bits per heavy atom. The molecule has 0 heterocycles. The van der Waals surface area contributed by atoms with Crippen molar-refractivity contribution in [2.75, 3.05) is 13.7 Å². The number of aliphatic carboxylic acids is 1. The van der Waals surface area contributed by atoms with Gasteiger partial charge < -0.3 is 9.84 Å². The van der Waals surface area contributed by atoms with Crippen LogP contribution in [-0.2, 0) is 14.8 Å². The number of nitro groups is 1. The molecule has 0 saturated heterocycles. The highest BCUT2D eigenvalue weighted by atomic mass is 35.5. The zero-order valence-electron chi connectivity index (χ0n) is 11.4. The molecule has 0 aliphatic heterocycles. The fourth-order valence-corrected chi connectivity index (χ4v) is 3.10. The Morgan fingerprint density at radius 1 is 1.50 bits per heavy atom. The fraction of sp³-hybridized carbons (Fsp3) is 0.364. The number of carboxylic acids is 1. The van der Waals surface area contributed by atoms with Crippen molar-refractivity contribution in [1.82, 2.24) is 4.72 Å². The summed E-state index contributed by atoms with van der Waals surface area (Å²) in [5.41, 5.74) is -0.483. The van der Waals surface area contributed by atoms with E-state index in [-0.39, 0.29) is 35.1 Å². The first-order valence-corrected chi connectivity index (χ1v) is 7.78. The van der Waals surface area contributed by atoms with Gasteiger partial charge >= 0.3 is 5.97 Å². The van der Waals surface area contributed by atoms with Crippen LogP contribution in [0.3, 0.4) is 0 Å². The lowest BCUT2D eigenvalue weighted by Gasteiger charge is -2.11. The van der Waals surface area contributed by atoms with Crippen LogP contribution in [0.1, 0.15) is 12.8 Å². The number of methoxy groups -OCH3 is 1. The van der Waals surface area contributed by atoms with Gasteiger partial charge in [0.25, 0.3) is 5.69 Å². The Balaban J connectivity index is 3.06. The number of benzene rings is 1. The molecule has 11 heteroatoms. The van der Waals surface area contributed by atoms with Crippen LogP contribution in [0, 0.1) is 10.1 Å². The number of carbonyl (C=O) groups is 1. The lowest BCUT2D eigenvalue weighted by atomic mass is 10.3. The van der Waals surface area contributed by atoms with Gasteiger partial charge in [0, 0.05) is 13.0 Å². The van der Waals surface area contributed by atoms with Crippen molar-refractivity contribution in [1.29, 1.82) is 0 Å². The van der Waals surface area contributed by atoms with E-state index >= 15 is 0 Å². The number of nitrogens with one attached hydrogen (secondary N) is 1. The van der Waals surface area contributed by atoms with Crippen LogP contribution in [0.25, 0.3) is 0 Å². The van der Waals surface area contributed by atoms with Crippen LogP contribution in [0.2, 0.25) is 5.02 Å². The third kappa shape index (κ3) is 4.55. The summed E-state index contributed by atoms with van der Waals surface area (Å²) in [6.07, 6.45) is -0.0989. The van der Waals surface area contributed by atoms with Gasteiger partial charge in [0.1, 0.15) is 15.7 Å². The minimum absolute atomic E-state index is 0.0948. The minimum Gasteiger partial charge on any atom is -0.495 e. The Kier molecular flexibility index (Phi) is 6.09. The van der Waals surface area contributed by atoms with E-state index in [9.17, 15) is 23.3 Å². The molecule has 0 aromatic heterocycles. The van der Waals surface area contributed by atoms with Gasteiger partial charge in [0.2, 0.25) is 10.0 Å². The Labute approximate surface area is 131 Å². The van der Waals surface area contributed by atoms with Gasteiger partial charge in [-0.2, -0.15) is 0 Å². The van der Waals surface area contributed by atoms with Crippen molar-refractivity contribution in [2.24, 2.45) is 0 Å². The summed E-state index contributed by atoms with van der Waals surface area (Å²) in [4.78, 5) is 20.0. The van der Waals surface area contributed by atoms with Crippen LogP contribution in [-0.4, -0.2) is 38.1 Å². The third-order valence-electron chi connectivity index (χ3n) is 2.58. The molecule has 122 valence electrons. The summed E-state index contributed by atoms with van der Waals surface area (Å²) >= 11 is 5.70. The lowest BCUT2D eigenvalue weighted by Crippen LogP contribution is -2.25. The van der Waals surface area contributed by atoms with Crippen LogP contribution >= 0.6 is 11.6 Å². The van der Waals surface area contributed by atoms with Crippen LogP contribution in [0.15, 0.2) is 17.0 Å². The molecule has 1 aromatic rings. The van der Waals surface area contributed by atoms with Gasteiger partial charge in [-0.05, 0) is 12.5 Å². The van der Waals surface area contributed by atoms with Crippen LogP contribution < -0.4 is 9.46 Å². The lowest BCUT2D eigenvalue weighted by molar-refractivity contribution is -0.384. The van der Waals surface area contributed by atoms with Crippen molar-refractivity contribution >= 4 is 33.3 Å². The first-order chi connectivity index (χ1) is 10.2. The highest BCUT2D eigenvalue weighted by Crippen LogP contribution is 2.34. The number of nitro benzene ring substituents is 1. The van der Waals surface area contributed by atoms with E-state index in [0.717, 1.165) is 19.2 Å². The van der Waals surface area contributed by atoms with E-state index in [1.165, 1.54) is 0 Å². The monoisotopic (exact) mass is 352 g/mol. The third-order valence-corrected chi connectivity index (χ3v) is 4.36. The van der Waals surface area contributed by atoms with E-state index in [1.54, 1.807) is 0 Å². The second-order valence-corrected chi connectivity index (χ2v) is 6.25. The number of ether oxygens (including phenoxy) is 1. The van der Waals surface area contributed by atoms with Gasteiger partial charge in [0.05, 0.1) is 18.1 Å². The number of nitrogens with zero attached hydrogens (tertiary/aromatic N) is 1. The first kappa shape index (κ1) is 18.1. The predicted octanol–water partition coefficient (Wildman–Crippen LogP) is 1.40. The number of sulfonamides is 1. The molecule has 0 atom stereocenters. The SMILES string of the molecule is COc1cc([N+](=O)[O-])c(Cl)cc1S(=O)(=O)NCCCC(=O)O. The summed E-state index contributed by atoms with van der Waals surface area (Å²) in [6.45, 7) is -0.105. The maximum atomic E-state index is 12.1. The molecule has 0 unspecified atom stereocenters. The Morgan fingerprint density at radius 2 is 2.14 bits per heavy atom. The molecule has 0 bridgehead atoms. The second kappa shape index (κ2) is 7.38. The molecule has 22 heavy (non-hydrogen) atoms. The summed E-state index contributed by atoms with van der Waals surface area (Å²) in [5.74, 6) is -1.28. The fourth-order valence-electron chi connectivity index (χ4n) is 1.56. The van der Waals surface area contributed by atoms with Crippen LogP contribution in [0.4, 0.5) is 5.69 Å². The van der Waals surface area contributed by atoms with Gasteiger partial charge in [-0.25, -0.2) is 13.1 Å². The quantitative estimate of drug-likeness (QED) is 0.410.